The summed E-state index contributed by atoms with van der Waals surface area (Å²) in [4.78, 5) is 0. The molecule has 51 valence electrons. The molecule has 0 heterocycles. The minimum atomic E-state index is 0.785. The Morgan fingerprint density at radius 2 is 2.30 bits per heavy atom. The highest BCUT2D eigenvalue weighted by atomic mass is 19.1. The summed E-state index contributed by atoms with van der Waals surface area (Å²) in [6.07, 6.45) is 6.68. The normalized spacial score (nSPS) is 14.5. The maximum Gasteiger partial charge on any atom is 0.119 e. The fourth-order valence-corrected chi connectivity index (χ4v) is 0.720. The predicted molar refractivity (Wildman–Crippen MR) is 38.3 cm³/mol. The molecule has 1 saturated carbocycles. The first kappa shape index (κ1) is 7.16. The molecule has 0 aliphatic heterocycles. The average Bonchev–Trinajstić information content (AvgIpc) is 2.71. The van der Waals surface area contributed by atoms with E-state index in [2.05, 4.69) is 24.2 Å². The molecule has 0 amide bonds. The second-order valence-corrected chi connectivity index (χ2v) is 2.29. The summed E-state index contributed by atoms with van der Waals surface area (Å²) < 4.78 is 11.1. The van der Waals surface area contributed by atoms with Gasteiger partial charge in [-0.2, -0.15) is 0 Å². The zero-order valence-electron chi connectivity index (χ0n) is 5.65. The quantitative estimate of drug-likeness (QED) is 0.507. The smallest absolute Gasteiger partial charge is 0.119 e. The van der Waals surface area contributed by atoms with Crippen molar-refractivity contribution in [1.82, 2.24) is 0 Å². The molecule has 1 atom stereocenters. The summed E-state index contributed by atoms with van der Waals surface area (Å²) in [7, 11) is 0. The highest BCUT2D eigenvalue weighted by molar-refractivity contribution is 5.23. The van der Waals surface area contributed by atoms with Gasteiger partial charge in [0.25, 0.3) is 0 Å². The summed E-state index contributed by atoms with van der Waals surface area (Å²) >= 11 is 0. The van der Waals surface area contributed by atoms with Gasteiger partial charge >= 0.3 is 0 Å². The minimum Gasteiger partial charge on any atom is -0.143 e. The molecule has 1 fully saturated rings. The number of halogens is 1. The van der Waals surface area contributed by atoms with Gasteiger partial charge in [-0.05, 0) is 31.1 Å². The van der Waals surface area contributed by atoms with Gasteiger partial charge in [0.2, 0.25) is 0 Å². The Labute approximate surface area is 60.8 Å². The molecule has 1 aliphatic carbocycles. The molecule has 1 heteroatoms. The molecule has 0 spiro atoms. The predicted octanol–water partition coefficient (Wildman–Crippen LogP) is 1.92. The van der Waals surface area contributed by atoms with E-state index in [4.69, 9.17) is 0 Å². The summed E-state index contributed by atoms with van der Waals surface area (Å²) in [5, 5.41) is 0. The fourth-order valence-electron chi connectivity index (χ4n) is 0.720. The molecule has 0 N–H and O–H groups in total. The van der Waals surface area contributed by atoms with E-state index in [1.165, 1.54) is 12.6 Å². The summed E-state index contributed by atoms with van der Waals surface area (Å²) in [6, 6.07) is 0. The maximum atomic E-state index is 11.1. The standard InChI is InChI=1S/C9H8F/c10-8-4-2-1-3-5-9-6-7-9/h6,9H,3,5,7H2. The van der Waals surface area contributed by atoms with Crippen LogP contribution in [-0.2, 0) is 0 Å². The van der Waals surface area contributed by atoms with Gasteiger partial charge in [-0.25, -0.2) is 0 Å². The van der Waals surface area contributed by atoms with Crippen LogP contribution in [0.5, 0.6) is 0 Å². The molecule has 0 nitrogen and oxygen atoms in total. The Balaban J connectivity index is 2.02. The third kappa shape index (κ3) is 3.15. The van der Waals surface area contributed by atoms with E-state index in [-0.39, 0.29) is 0 Å². The average molecular weight is 135 g/mol. The first-order chi connectivity index (χ1) is 4.93. The lowest BCUT2D eigenvalue weighted by Gasteiger charge is -1.83. The molecule has 1 rings (SSSR count). The second kappa shape index (κ2) is 3.96. The van der Waals surface area contributed by atoms with E-state index >= 15 is 0 Å². The highest BCUT2D eigenvalue weighted by Crippen LogP contribution is 2.31. The summed E-state index contributed by atoms with van der Waals surface area (Å²) in [5.74, 6) is 8.03. The number of hydrogen-bond donors (Lipinski definition) is 0. The van der Waals surface area contributed by atoms with Crippen LogP contribution >= 0.6 is 0 Å². The van der Waals surface area contributed by atoms with E-state index < -0.39 is 0 Å². The van der Waals surface area contributed by atoms with Gasteiger partial charge in [-0.1, -0.05) is 5.92 Å². The monoisotopic (exact) mass is 135 g/mol. The van der Waals surface area contributed by atoms with Crippen molar-refractivity contribution >= 4 is 0 Å². The highest BCUT2D eigenvalue weighted by Gasteiger charge is 2.19. The largest absolute Gasteiger partial charge is 0.143 e. The first-order valence-corrected chi connectivity index (χ1v) is 3.35. The van der Waals surface area contributed by atoms with Gasteiger partial charge in [-0.3, -0.25) is 0 Å². The molecule has 1 unspecified atom stereocenters. The molecule has 0 aromatic heterocycles. The first-order valence-electron chi connectivity index (χ1n) is 3.35. The Morgan fingerprint density at radius 3 is 2.90 bits per heavy atom. The van der Waals surface area contributed by atoms with Gasteiger partial charge < -0.3 is 0 Å². The summed E-state index contributed by atoms with van der Waals surface area (Å²) in [6.45, 7) is 0. The lowest BCUT2D eigenvalue weighted by atomic mass is 10.2. The Hall–Kier alpha value is -0.950. The van der Waals surface area contributed by atoms with Crippen LogP contribution in [0.25, 0.3) is 0 Å². The zero-order chi connectivity index (χ0) is 7.23. The van der Waals surface area contributed by atoms with Crippen molar-refractivity contribution in [1.29, 1.82) is 0 Å². The van der Waals surface area contributed by atoms with Crippen molar-refractivity contribution in [2.45, 2.75) is 19.3 Å². The topological polar surface area (TPSA) is 0 Å². The molecule has 10 heavy (non-hydrogen) atoms. The minimum absolute atomic E-state index is 0.785. The van der Waals surface area contributed by atoms with Crippen LogP contribution in [0.3, 0.4) is 0 Å². The van der Waals surface area contributed by atoms with E-state index in [1.54, 1.807) is 0 Å². The summed E-state index contributed by atoms with van der Waals surface area (Å²) in [5.41, 5.74) is 0. The van der Waals surface area contributed by atoms with Gasteiger partial charge in [0, 0.05) is 12.3 Å². The number of rotatable bonds is 2. The van der Waals surface area contributed by atoms with Gasteiger partial charge in [0.1, 0.15) is 6.17 Å². The van der Waals surface area contributed by atoms with Crippen LogP contribution in [0.1, 0.15) is 19.3 Å². The van der Waals surface area contributed by atoms with Gasteiger partial charge in [0.15, 0.2) is 0 Å². The van der Waals surface area contributed by atoms with Gasteiger partial charge in [0.05, 0.1) is 0 Å². The van der Waals surface area contributed by atoms with Crippen molar-refractivity contribution in [2.24, 2.45) is 5.92 Å². The second-order valence-electron chi connectivity index (χ2n) is 2.29. The van der Waals surface area contributed by atoms with Crippen LogP contribution in [0.15, 0.2) is 0 Å². The Bertz CT molecular complexity index is 204. The van der Waals surface area contributed by atoms with Crippen LogP contribution in [0, 0.1) is 36.3 Å². The van der Waals surface area contributed by atoms with Crippen molar-refractivity contribution < 1.29 is 4.39 Å². The lowest BCUT2D eigenvalue weighted by molar-refractivity contribution is 0.773. The SMILES string of the molecule is FC#CC#CCCC1[CH]C1. The lowest BCUT2D eigenvalue weighted by Crippen LogP contribution is -1.72. The van der Waals surface area contributed by atoms with E-state index in [9.17, 15) is 4.39 Å². The molecular formula is C9H8F. The van der Waals surface area contributed by atoms with E-state index in [0.29, 0.717) is 0 Å². The molecular weight excluding hydrogens is 127 g/mol. The Kier molecular flexibility index (Phi) is 2.84. The fraction of sp³-hybridized carbons (Fsp3) is 0.444. The zero-order valence-corrected chi connectivity index (χ0v) is 5.65. The van der Waals surface area contributed by atoms with Crippen molar-refractivity contribution in [3.05, 3.63) is 6.42 Å². The van der Waals surface area contributed by atoms with Crippen molar-refractivity contribution in [3.8, 4) is 23.9 Å². The van der Waals surface area contributed by atoms with Crippen molar-refractivity contribution in [3.63, 3.8) is 0 Å². The maximum absolute atomic E-state index is 11.1. The van der Waals surface area contributed by atoms with Crippen LogP contribution in [0.2, 0.25) is 0 Å². The van der Waals surface area contributed by atoms with Crippen LogP contribution in [0.4, 0.5) is 4.39 Å². The van der Waals surface area contributed by atoms with E-state index in [1.807, 2.05) is 0 Å². The number of hydrogen-bond acceptors (Lipinski definition) is 0. The Morgan fingerprint density at radius 1 is 1.50 bits per heavy atom. The van der Waals surface area contributed by atoms with E-state index in [0.717, 1.165) is 18.8 Å². The molecule has 1 radical (unpaired) electrons. The third-order valence-corrected chi connectivity index (χ3v) is 1.41. The third-order valence-electron chi connectivity index (χ3n) is 1.41. The van der Waals surface area contributed by atoms with Gasteiger partial charge in [-0.15, -0.1) is 4.39 Å². The molecule has 0 bridgehead atoms. The van der Waals surface area contributed by atoms with Crippen LogP contribution < -0.4 is 0 Å². The molecule has 0 saturated heterocycles. The van der Waals surface area contributed by atoms with Crippen LogP contribution in [-0.4, -0.2) is 0 Å². The molecule has 1 aliphatic rings. The van der Waals surface area contributed by atoms with Crippen molar-refractivity contribution in [2.75, 3.05) is 0 Å². The molecule has 0 aromatic carbocycles. The molecule has 0 aromatic rings.